The lowest BCUT2D eigenvalue weighted by atomic mass is 9.82. The first-order valence-corrected chi connectivity index (χ1v) is 5.13. The van der Waals surface area contributed by atoms with Crippen molar-refractivity contribution in [1.82, 2.24) is 5.32 Å². The summed E-state index contributed by atoms with van der Waals surface area (Å²) in [6.07, 6.45) is 1.98. The van der Waals surface area contributed by atoms with E-state index in [2.05, 4.69) is 12.2 Å². The number of carboxylic acid groups (broad SMARTS) is 1. The molecular formula is C11H17NO3. The lowest BCUT2D eigenvalue weighted by molar-refractivity contribution is -0.133. The Labute approximate surface area is 89.4 Å². The number of amides is 1. The van der Waals surface area contributed by atoms with E-state index < -0.39 is 5.97 Å². The summed E-state index contributed by atoms with van der Waals surface area (Å²) in [5, 5.41) is 11.5. The highest BCUT2D eigenvalue weighted by molar-refractivity contribution is 6.01. The maximum atomic E-state index is 11.6. The van der Waals surface area contributed by atoms with Crippen LogP contribution in [-0.4, -0.2) is 23.0 Å². The number of carboxylic acids is 1. The molecule has 4 heteroatoms. The average Bonchev–Trinajstić information content (AvgIpc) is 2.12. The molecule has 0 radical (unpaired) electrons. The number of rotatable bonds is 3. The number of aliphatic carboxylic acids is 1. The fourth-order valence-corrected chi connectivity index (χ4v) is 1.64. The molecule has 0 aromatic carbocycles. The van der Waals surface area contributed by atoms with Crippen molar-refractivity contribution in [2.45, 2.75) is 39.7 Å². The van der Waals surface area contributed by atoms with Gasteiger partial charge >= 0.3 is 5.97 Å². The standard InChI is InChI=1S/C11H17NO3/c1-6-4-9(5-6)12-10(13)7(2)8(3)11(14)15/h6,9H,4-5H2,1-3H3,(H,12,13)(H,14,15). The molecule has 0 saturated heterocycles. The van der Waals surface area contributed by atoms with Crippen LogP contribution in [0, 0.1) is 5.92 Å². The van der Waals surface area contributed by atoms with Crippen LogP contribution < -0.4 is 5.32 Å². The third kappa shape index (κ3) is 2.81. The second kappa shape index (κ2) is 4.47. The van der Waals surface area contributed by atoms with Crippen LogP contribution in [0.1, 0.15) is 33.6 Å². The van der Waals surface area contributed by atoms with Gasteiger partial charge in [0.1, 0.15) is 0 Å². The van der Waals surface area contributed by atoms with Crippen LogP contribution >= 0.6 is 0 Å². The molecule has 0 atom stereocenters. The molecule has 0 bridgehead atoms. The second-order valence-electron chi connectivity index (χ2n) is 4.30. The molecule has 4 nitrogen and oxygen atoms in total. The molecule has 2 N–H and O–H groups in total. The predicted octanol–water partition coefficient (Wildman–Crippen LogP) is 1.32. The molecule has 15 heavy (non-hydrogen) atoms. The SMILES string of the molecule is CC(C(=O)O)=C(C)C(=O)NC1CC(C)C1. The van der Waals surface area contributed by atoms with Crippen molar-refractivity contribution in [3.8, 4) is 0 Å². The molecule has 1 aliphatic carbocycles. The van der Waals surface area contributed by atoms with Gasteiger partial charge in [0.15, 0.2) is 0 Å². The molecule has 0 aliphatic heterocycles. The van der Waals surface area contributed by atoms with Crippen LogP contribution in [-0.2, 0) is 9.59 Å². The normalized spacial score (nSPS) is 26.3. The van der Waals surface area contributed by atoms with Gasteiger partial charge in [-0.3, -0.25) is 4.79 Å². The lowest BCUT2D eigenvalue weighted by Gasteiger charge is -2.33. The summed E-state index contributed by atoms with van der Waals surface area (Å²) >= 11 is 0. The molecule has 0 aromatic rings. The molecule has 0 heterocycles. The molecule has 1 saturated carbocycles. The highest BCUT2D eigenvalue weighted by atomic mass is 16.4. The van der Waals surface area contributed by atoms with E-state index in [4.69, 9.17) is 5.11 Å². The van der Waals surface area contributed by atoms with Gasteiger partial charge in [-0.25, -0.2) is 4.79 Å². The van der Waals surface area contributed by atoms with Crippen molar-refractivity contribution in [2.75, 3.05) is 0 Å². The number of hydrogen-bond acceptors (Lipinski definition) is 2. The Bertz CT molecular complexity index is 314. The van der Waals surface area contributed by atoms with Crippen molar-refractivity contribution < 1.29 is 14.7 Å². The van der Waals surface area contributed by atoms with Crippen molar-refractivity contribution in [1.29, 1.82) is 0 Å². The van der Waals surface area contributed by atoms with Gasteiger partial charge in [0, 0.05) is 17.2 Å². The lowest BCUT2D eigenvalue weighted by Crippen LogP contribution is -2.44. The van der Waals surface area contributed by atoms with Crippen molar-refractivity contribution in [3.05, 3.63) is 11.1 Å². The molecular weight excluding hydrogens is 194 g/mol. The minimum Gasteiger partial charge on any atom is -0.478 e. The van der Waals surface area contributed by atoms with Crippen molar-refractivity contribution in [3.63, 3.8) is 0 Å². The minimum atomic E-state index is -1.04. The van der Waals surface area contributed by atoms with Gasteiger partial charge in [0.05, 0.1) is 0 Å². The smallest absolute Gasteiger partial charge is 0.331 e. The zero-order valence-corrected chi connectivity index (χ0v) is 9.33. The predicted molar refractivity (Wildman–Crippen MR) is 56.3 cm³/mol. The topological polar surface area (TPSA) is 66.4 Å². The summed E-state index contributed by atoms with van der Waals surface area (Å²) in [6, 6.07) is 0.226. The first kappa shape index (κ1) is 11.8. The number of carbonyl (C=O) groups is 2. The maximum absolute atomic E-state index is 11.6. The van der Waals surface area contributed by atoms with Gasteiger partial charge in [-0.15, -0.1) is 0 Å². The summed E-state index contributed by atoms with van der Waals surface area (Å²) < 4.78 is 0. The van der Waals surface area contributed by atoms with Gasteiger partial charge in [0.2, 0.25) is 5.91 Å². The van der Waals surface area contributed by atoms with Gasteiger partial charge < -0.3 is 10.4 Å². The molecule has 1 rings (SSSR count). The average molecular weight is 211 g/mol. The van der Waals surface area contributed by atoms with E-state index in [0.29, 0.717) is 11.5 Å². The Morgan fingerprint density at radius 3 is 2.13 bits per heavy atom. The van der Waals surface area contributed by atoms with Gasteiger partial charge in [-0.1, -0.05) is 6.92 Å². The fourth-order valence-electron chi connectivity index (χ4n) is 1.64. The Morgan fingerprint density at radius 1 is 1.20 bits per heavy atom. The van der Waals surface area contributed by atoms with Crippen LogP contribution in [0.25, 0.3) is 0 Å². The first-order valence-electron chi connectivity index (χ1n) is 5.13. The van der Waals surface area contributed by atoms with Gasteiger partial charge in [-0.2, -0.15) is 0 Å². The Hall–Kier alpha value is -1.32. The quantitative estimate of drug-likeness (QED) is 0.692. The van der Waals surface area contributed by atoms with Gasteiger partial charge in [-0.05, 0) is 32.6 Å². The third-order valence-corrected chi connectivity index (χ3v) is 2.93. The van der Waals surface area contributed by atoms with Crippen molar-refractivity contribution >= 4 is 11.9 Å². The molecule has 0 unspecified atom stereocenters. The number of nitrogens with one attached hydrogen (secondary N) is 1. The molecule has 1 fully saturated rings. The van der Waals surface area contributed by atoms with Gasteiger partial charge in [0.25, 0.3) is 0 Å². The Balaban J connectivity index is 2.54. The monoisotopic (exact) mass is 211 g/mol. The molecule has 0 aromatic heterocycles. The molecule has 1 amide bonds. The summed E-state index contributed by atoms with van der Waals surface area (Å²) in [5.41, 5.74) is 0.405. The van der Waals surface area contributed by atoms with E-state index in [9.17, 15) is 9.59 Å². The summed E-state index contributed by atoms with van der Waals surface area (Å²) in [6.45, 7) is 5.12. The van der Waals surface area contributed by atoms with E-state index in [-0.39, 0.29) is 17.5 Å². The van der Waals surface area contributed by atoms with E-state index in [1.54, 1.807) is 6.92 Å². The third-order valence-electron chi connectivity index (χ3n) is 2.93. The highest BCUT2D eigenvalue weighted by Crippen LogP contribution is 2.26. The molecule has 1 aliphatic rings. The van der Waals surface area contributed by atoms with Crippen LogP contribution in [0.5, 0.6) is 0 Å². The zero-order valence-electron chi connectivity index (χ0n) is 9.33. The minimum absolute atomic E-state index is 0.111. The van der Waals surface area contributed by atoms with Crippen molar-refractivity contribution in [2.24, 2.45) is 5.92 Å². The molecule has 84 valence electrons. The van der Waals surface area contributed by atoms with Crippen LogP contribution in [0.2, 0.25) is 0 Å². The van der Waals surface area contributed by atoms with Crippen LogP contribution in [0.4, 0.5) is 0 Å². The Kier molecular flexibility index (Phi) is 3.50. The van der Waals surface area contributed by atoms with E-state index in [0.717, 1.165) is 12.8 Å². The van der Waals surface area contributed by atoms with E-state index >= 15 is 0 Å². The number of hydrogen-bond donors (Lipinski definition) is 2. The van der Waals surface area contributed by atoms with E-state index in [1.165, 1.54) is 6.92 Å². The largest absolute Gasteiger partial charge is 0.478 e. The first-order chi connectivity index (χ1) is 6.91. The van der Waals surface area contributed by atoms with Crippen LogP contribution in [0.15, 0.2) is 11.1 Å². The summed E-state index contributed by atoms with van der Waals surface area (Å²) in [5.74, 6) is -0.628. The molecule has 0 spiro atoms. The van der Waals surface area contributed by atoms with E-state index in [1.807, 2.05) is 0 Å². The fraction of sp³-hybridized carbons (Fsp3) is 0.636. The summed E-state index contributed by atoms with van der Waals surface area (Å²) in [7, 11) is 0. The second-order valence-corrected chi connectivity index (χ2v) is 4.30. The Morgan fingerprint density at radius 2 is 1.73 bits per heavy atom. The maximum Gasteiger partial charge on any atom is 0.331 e. The zero-order chi connectivity index (χ0) is 11.6. The van der Waals surface area contributed by atoms with Crippen LogP contribution in [0.3, 0.4) is 0 Å². The number of carbonyl (C=O) groups excluding carboxylic acids is 1. The highest BCUT2D eigenvalue weighted by Gasteiger charge is 2.27. The summed E-state index contributed by atoms with van der Waals surface area (Å²) in [4.78, 5) is 22.2.